The quantitative estimate of drug-likeness (QED) is 0.650. The fraction of sp³-hybridized carbons (Fsp3) is 0.0526. The molecule has 0 radical (unpaired) electrons. The third-order valence-corrected chi connectivity index (χ3v) is 3.52. The van der Waals surface area contributed by atoms with E-state index in [0.29, 0.717) is 0 Å². The van der Waals surface area contributed by atoms with Crippen LogP contribution in [0.4, 0.5) is 5.69 Å². The van der Waals surface area contributed by atoms with E-state index in [1.165, 1.54) is 22.3 Å². The van der Waals surface area contributed by atoms with Crippen LogP contribution in [-0.4, -0.2) is 0 Å². The number of benzene rings is 3. The summed E-state index contributed by atoms with van der Waals surface area (Å²) < 4.78 is 0. The van der Waals surface area contributed by atoms with Crippen molar-refractivity contribution in [3.05, 3.63) is 78.4 Å². The van der Waals surface area contributed by atoms with Gasteiger partial charge in [-0.3, -0.25) is 0 Å². The van der Waals surface area contributed by atoms with Crippen LogP contribution in [0.1, 0.15) is 5.56 Å². The zero-order chi connectivity index (χ0) is 13.9. The van der Waals surface area contributed by atoms with E-state index in [4.69, 9.17) is 5.73 Å². The summed E-state index contributed by atoms with van der Waals surface area (Å²) in [7, 11) is 0. The summed E-state index contributed by atoms with van der Waals surface area (Å²) >= 11 is 0. The summed E-state index contributed by atoms with van der Waals surface area (Å²) in [5.41, 5.74) is 12.9. The summed E-state index contributed by atoms with van der Waals surface area (Å²) in [6.07, 6.45) is 0. The highest BCUT2D eigenvalue weighted by atomic mass is 14.5. The zero-order valence-corrected chi connectivity index (χ0v) is 11.5. The highest BCUT2D eigenvalue weighted by Gasteiger charge is 2.05. The van der Waals surface area contributed by atoms with Crippen LogP contribution in [0.25, 0.3) is 22.3 Å². The molecule has 0 heterocycles. The van der Waals surface area contributed by atoms with E-state index in [1.807, 2.05) is 30.3 Å². The summed E-state index contributed by atoms with van der Waals surface area (Å²) in [6, 6.07) is 25.0. The van der Waals surface area contributed by atoms with Gasteiger partial charge in [0.05, 0.1) is 0 Å². The van der Waals surface area contributed by atoms with Crippen molar-refractivity contribution >= 4 is 5.69 Å². The highest BCUT2D eigenvalue weighted by molar-refractivity contribution is 5.78. The molecule has 0 bridgehead atoms. The Morgan fingerprint density at radius 3 is 2.05 bits per heavy atom. The monoisotopic (exact) mass is 259 g/mol. The van der Waals surface area contributed by atoms with Gasteiger partial charge in [-0.05, 0) is 52.9 Å². The van der Waals surface area contributed by atoms with Gasteiger partial charge in [0, 0.05) is 5.69 Å². The van der Waals surface area contributed by atoms with Crippen LogP contribution in [0.5, 0.6) is 0 Å². The Balaban J connectivity index is 2.15. The van der Waals surface area contributed by atoms with Crippen LogP contribution in [0.2, 0.25) is 0 Å². The van der Waals surface area contributed by atoms with Crippen molar-refractivity contribution in [1.29, 1.82) is 0 Å². The number of nitrogen functional groups attached to an aromatic ring is 1. The summed E-state index contributed by atoms with van der Waals surface area (Å²) in [5, 5.41) is 0. The minimum absolute atomic E-state index is 0.796. The van der Waals surface area contributed by atoms with Crippen LogP contribution < -0.4 is 5.73 Å². The van der Waals surface area contributed by atoms with E-state index in [0.717, 1.165) is 11.3 Å². The fourth-order valence-electron chi connectivity index (χ4n) is 2.50. The first kappa shape index (κ1) is 12.5. The van der Waals surface area contributed by atoms with Gasteiger partial charge in [-0.2, -0.15) is 0 Å². The Labute approximate surface area is 119 Å². The molecule has 0 aliphatic carbocycles. The minimum Gasteiger partial charge on any atom is -0.399 e. The predicted octanol–water partition coefficient (Wildman–Crippen LogP) is 4.91. The molecule has 0 amide bonds. The normalized spacial score (nSPS) is 10.4. The van der Waals surface area contributed by atoms with Gasteiger partial charge in [-0.1, -0.05) is 54.6 Å². The maximum atomic E-state index is 6.08. The Kier molecular flexibility index (Phi) is 3.26. The van der Waals surface area contributed by atoms with Crippen LogP contribution in [0.15, 0.2) is 72.8 Å². The van der Waals surface area contributed by atoms with Gasteiger partial charge >= 0.3 is 0 Å². The van der Waals surface area contributed by atoms with Gasteiger partial charge in [-0.25, -0.2) is 0 Å². The number of rotatable bonds is 2. The van der Waals surface area contributed by atoms with E-state index in [-0.39, 0.29) is 0 Å². The molecule has 1 heteroatoms. The second kappa shape index (κ2) is 5.22. The van der Waals surface area contributed by atoms with Gasteiger partial charge in [0.2, 0.25) is 0 Å². The predicted molar refractivity (Wildman–Crippen MR) is 86.5 cm³/mol. The lowest BCUT2D eigenvalue weighted by molar-refractivity contribution is 1.46. The molecular formula is C19H17N. The van der Waals surface area contributed by atoms with Crippen molar-refractivity contribution in [2.24, 2.45) is 0 Å². The van der Waals surface area contributed by atoms with Crippen molar-refractivity contribution in [2.45, 2.75) is 6.92 Å². The van der Waals surface area contributed by atoms with Crippen molar-refractivity contribution < 1.29 is 0 Å². The molecule has 0 aliphatic heterocycles. The molecule has 0 aromatic heterocycles. The molecule has 0 spiro atoms. The average molecular weight is 259 g/mol. The van der Waals surface area contributed by atoms with E-state index in [2.05, 4.69) is 49.4 Å². The van der Waals surface area contributed by atoms with Crippen LogP contribution in [0, 0.1) is 6.92 Å². The molecule has 0 fully saturated rings. The molecule has 20 heavy (non-hydrogen) atoms. The first-order valence-corrected chi connectivity index (χ1v) is 6.76. The number of hydrogen-bond donors (Lipinski definition) is 1. The largest absolute Gasteiger partial charge is 0.399 e. The first-order chi connectivity index (χ1) is 9.74. The average Bonchev–Trinajstić information content (AvgIpc) is 2.48. The molecule has 0 saturated heterocycles. The van der Waals surface area contributed by atoms with E-state index < -0.39 is 0 Å². The van der Waals surface area contributed by atoms with E-state index in [1.54, 1.807) is 0 Å². The lowest BCUT2D eigenvalue weighted by atomic mass is 9.96. The number of anilines is 1. The van der Waals surface area contributed by atoms with Crippen molar-refractivity contribution in [3.8, 4) is 22.3 Å². The van der Waals surface area contributed by atoms with Gasteiger partial charge in [-0.15, -0.1) is 0 Å². The fourth-order valence-corrected chi connectivity index (χ4v) is 2.50. The Morgan fingerprint density at radius 2 is 1.30 bits per heavy atom. The Hall–Kier alpha value is -2.54. The van der Waals surface area contributed by atoms with Gasteiger partial charge in [0.1, 0.15) is 0 Å². The standard InChI is InChI=1S/C19H17N/c1-14-7-5-6-10-19(14)17-11-16(12-18(20)13-17)15-8-3-2-4-9-15/h2-13H,20H2,1H3. The summed E-state index contributed by atoms with van der Waals surface area (Å²) in [5.74, 6) is 0. The summed E-state index contributed by atoms with van der Waals surface area (Å²) in [6.45, 7) is 2.13. The third kappa shape index (κ3) is 2.43. The smallest absolute Gasteiger partial charge is 0.0326 e. The Morgan fingerprint density at radius 1 is 0.650 bits per heavy atom. The minimum atomic E-state index is 0.796. The maximum absolute atomic E-state index is 6.08. The zero-order valence-electron chi connectivity index (χ0n) is 11.5. The molecule has 0 saturated carbocycles. The molecule has 3 aromatic rings. The van der Waals surface area contributed by atoms with Gasteiger partial charge < -0.3 is 5.73 Å². The van der Waals surface area contributed by atoms with Gasteiger partial charge in [0.25, 0.3) is 0 Å². The van der Waals surface area contributed by atoms with E-state index >= 15 is 0 Å². The number of aryl methyl sites for hydroxylation is 1. The van der Waals surface area contributed by atoms with Crippen LogP contribution >= 0.6 is 0 Å². The molecule has 2 N–H and O–H groups in total. The lowest BCUT2D eigenvalue weighted by Gasteiger charge is -2.10. The molecule has 0 atom stereocenters. The van der Waals surface area contributed by atoms with Crippen molar-refractivity contribution in [1.82, 2.24) is 0 Å². The van der Waals surface area contributed by atoms with Gasteiger partial charge in [0.15, 0.2) is 0 Å². The highest BCUT2D eigenvalue weighted by Crippen LogP contribution is 2.30. The van der Waals surface area contributed by atoms with Crippen LogP contribution in [0.3, 0.4) is 0 Å². The Bertz CT molecular complexity index is 730. The number of nitrogens with two attached hydrogens (primary N) is 1. The SMILES string of the molecule is Cc1ccccc1-c1cc(N)cc(-c2ccccc2)c1. The topological polar surface area (TPSA) is 26.0 Å². The molecule has 0 unspecified atom stereocenters. The lowest BCUT2D eigenvalue weighted by Crippen LogP contribution is -1.90. The number of hydrogen-bond acceptors (Lipinski definition) is 1. The molecule has 3 aromatic carbocycles. The molecule has 0 aliphatic rings. The first-order valence-electron chi connectivity index (χ1n) is 6.76. The molecule has 3 rings (SSSR count). The third-order valence-electron chi connectivity index (χ3n) is 3.52. The van der Waals surface area contributed by atoms with Crippen molar-refractivity contribution in [2.75, 3.05) is 5.73 Å². The molecule has 1 nitrogen and oxygen atoms in total. The second-order valence-corrected chi connectivity index (χ2v) is 5.02. The second-order valence-electron chi connectivity index (χ2n) is 5.02. The summed E-state index contributed by atoms with van der Waals surface area (Å²) in [4.78, 5) is 0. The molecular weight excluding hydrogens is 242 g/mol. The van der Waals surface area contributed by atoms with E-state index in [9.17, 15) is 0 Å². The van der Waals surface area contributed by atoms with Crippen LogP contribution in [-0.2, 0) is 0 Å². The molecule has 98 valence electrons. The maximum Gasteiger partial charge on any atom is 0.0326 e. The van der Waals surface area contributed by atoms with Crippen molar-refractivity contribution in [3.63, 3.8) is 0 Å².